The Kier molecular flexibility index (Phi) is 5.53. The first-order chi connectivity index (χ1) is 11.6. The van der Waals surface area contributed by atoms with E-state index in [1.54, 1.807) is 18.4 Å². The molecule has 0 saturated carbocycles. The molecule has 1 aromatic carbocycles. The van der Waals surface area contributed by atoms with Crippen LogP contribution < -0.4 is 10.5 Å². The molecule has 5 heteroatoms. The number of rotatable bonds is 6. The minimum absolute atomic E-state index is 0.338. The summed E-state index contributed by atoms with van der Waals surface area (Å²) in [5.41, 5.74) is 7.30. The molecule has 1 amide bonds. The van der Waals surface area contributed by atoms with E-state index in [4.69, 9.17) is 10.5 Å². The van der Waals surface area contributed by atoms with Crippen molar-refractivity contribution in [1.29, 1.82) is 0 Å². The summed E-state index contributed by atoms with van der Waals surface area (Å²) in [6, 6.07) is 10.3. The number of primary amides is 1. The van der Waals surface area contributed by atoms with Crippen LogP contribution in [0.1, 0.15) is 33.6 Å². The second-order valence-corrected chi connectivity index (χ2v) is 7.44. The normalized spacial score (nSPS) is 16.2. The monoisotopic (exact) mass is 344 g/mol. The Bertz CT molecular complexity index is 690. The first-order valence-corrected chi connectivity index (χ1v) is 9.24. The van der Waals surface area contributed by atoms with Crippen molar-refractivity contribution >= 4 is 17.2 Å². The number of hydrogen-bond donors (Lipinski definition) is 1. The lowest BCUT2D eigenvalue weighted by Gasteiger charge is -2.31. The molecule has 1 fully saturated rings. The number of benzene rings is 1. The lowest BCUT2D eigenvalue weighted by molar-refractivity contribution is 0.100. The summed E-state index contributed by atoms with van der Waals surface area (Å²) in [7, 11) is 1.71. The fraction of sp³-hybridized carbons (Fsp3) is 0.421. The molecule has 2 heterocycles. The van der Waals surface area contributed by atoms with E-state index in [0.717, 1.165) is 37.7 Å². The van der Waals surface area contributed by atoms with E-state index < -0.39 is 0 Å². The SMILES string of the molecule is COc1cccc(CC2CCN(Cc3cc(C(N)=O)cs3)CC2)c1. The van der Waals surface area contributed by atoms with E-state index in [9.17, 15) is 4.79 Å². The lowest BCUT2D eigenvalue weighted by atomic mass is 9.90. The molecule has 1 aliphatic rings. The number of likely N-dealkylation sites (tertiary alicyclic amines) is 1. The fourth-order valence-electron chi connectivity index (χ4n) is 3.29. The van der Waals surface area contributed by atoms with Gasteiger partial charge in [0.2, 0.25) is 5.91 Å². The van der Waals surface area contributed by atoms with E-state index in [1.165, 1.54) is 23.3 Å². The van der Waals surface area contributed by atoms with Crippen LogP contribution in [-0.2, 0) is 13.0 Å². The van der Waals surface area contributed by atoms with Crippen LogP contribution in [0.15, 0.2) is 35.7 Å². The van der Waals surface area contributed by atoms with Crippen molar-refractivity contribution in [3.8, 4) is 5.75 Å². The van der Waals surface area contributed by atoms with Gasteiger partial charge in [0.15, 0.2) is 0 Å². The van der Waals surface area contributed by atoms with Gasteiger partial charge in [0.05, 0.1) is 12.7 Å². The minimum atomic E-state index is -0.338. The van der Waals surface area contributed by atoms with Gasteiger partial charge >= 0.3 is 0 Å². The van der Waals surface area contributed by atoms with Crippen LogP contribution in [0.5, 0.6) is 5.75 Å². The highest BCUT2D eigenvalue weighted by atomic mass is 32.1. The van der Waals surface area contributed by atoms with Crippen molar-refractivity contribution in [3.05, 3.63) is 51.7 Å². The molecule has 4 nitrogen and oxygen atoms in total. The van der Waals surface area contributed by atoms with Crippen molar-refractivity contribution in [1.82, 2.24) is 4.90 Å². The van der Waals surface area contributed by atoms with Gasteiger partial charge in [-0.15, -0.1) is 11.3 Å². The first kappa shape index (κ1) is 17.0. The van der Waals surface area contributed by atoms with Crippen LogP contribution in [0.3, 0.4) is 0 Å². The molecule has 1 aliphatic heterocycles. The van der Waals surface area contributed by atoms with Crippen LogP contribution in [0.2, 0.25) is 0 Å². The Morgan fingerprint density at radius 1 is 1.33 bits per heavy atom. The third-order valence-electron chi connectivity index (χ3n) is 4.68. The smallest absolute Gasteiger partial charge is 0.249 e. The molecule has 0 spiro atoms. The molecular weight excluding hydrogens is 320 g/mol. The molecule has 1 saturated heterocycles. The van der Waals surface area contributed by atoms with E-state index in [2.05, 4.69) is 23.1 Å². The van der Waals surface area contributed by atoms with Gasteiger partial charge in [-0.2, -0.15) is 0 Å². The van der Waals surface area contributed by atoms with Crippen LogP contribution in [-0.4, -0.2) is 31.0 Å². The maximum atomic E-state index is 11.2. The summed E-state index contributed by atoms with van der Waals surface area (Å²) in [6.07, 6.45) is 3.55. The van der Waals surface area contributed by atoms with Crippen LogP contribution in [0, 0.1) is 5.92 Å². The average molecular weight is 344 g/mol. The molecule has 2 N–H and O–H groups in total. The Morgan fingerprint density at radius 3 is 2.79 bits per heavy atom. The molecule has 1 aromatic heterocycles. The number of piperidine rings is 1. The van der Waals surface area contributed by atoms with Crippen molar-refractivity contribution < 1.29 is 9.53 Å². The number of carbonyl (C=O) groups is 1. The molecule has 0 bridgehead atoms. The minimum Gasteiger partial charge on any atom is -0.497 e. The van der Waals surface area contributed by atoms with Crippen molar-refractivity contribution in [2.24, 2.45) is 11.7 Å². The molecule has 0 unspecified atom stereocenters. The summed E-state index contributed by atoms with van der Waals surface area (Å²) < 4.78 is 5.31. The lowest BCUT2D eigenvalue weighted by Crippen LogP contribution is -2.33. The van der Waals surface area contributed by atoms with Crippen LogP contribution >= 0.6 is 11.3 Å². The number of amides is 1. The van der Waals surface area contributed by atoms with E-state index in [1.807, 2.05) is 17.5 Å². The highest BCUT2D eigenvalue weighted by Crippen LogP contribution is 2.25. The van der Waals surface area contributed by atoms with E-state index in [0.29, 0.717) is 5.56 Å². The van der Waals surface area contributed by atoms with Crippen LogP contribution in [0.25, 0.3) is 0 Å². The van der Waals surface area contributed by atoms with Gasteiger partial charge in [-0.05, 0) is 62.0 Å². The number of methoxy groups -OCH3 is 1. The van der Waals surface area contributed by atoms with Gasteiger partial charge < -0.3 is 10.5 Å². The van der Waals surface area contributed by atoms with Gasteiger partial charge in [-0.1, -0.05) is 12.1 Å². The Morgan fingerprint density at radius 2 is 2.12 bits per heavy atom. The van der Waals surface area contributed by atoms with Crippen molar-refractivity contribution in [2.45, 2.75) is 25.8 Å². The third kappa shape index (κ3) is 4.36. The Labute approximate surface area is 147 Å². The summed E-state index contributed by atoms with van der Waals surface area (Å²) >= 11 is 1.62. The van der Waals surface area contributed by atoms with Gasteiger partial charge in [-0.25, -0.2) is 0 Å². The maximum absolute atomic E-state index is 11.2. The van der Waals surface area contributed by atoms with Gasteiger partial charge in [0, 0.05) is 16.8 Å². The summed E-state index contributed by atoms with van der Waals surface area (Å²) in [5.74, 6) is 1.33. The highest BCUT2D eigenvalue weighted by molar-refractivity contribution is 7.10. The summed E-state index contributed by atoms with van der Waals surface area (Å²) in [5, 5.41) is 1.85. The topological polar surface area (TPSA) is 55.6 Å². The predicted octanol–water partition coefficient (Wildman–Crippen LogP) is 3.31. The predicted molar refractivity (Wildman–Crippen MR) is 97.5 cm³/mol. The van der Waals surface area contributed by atoms with Gasteiger partial charge in [0.1, 0.15) is 5.75 Å². The zero-order valence-corrected chi connectivity index (χ0v) is 14.8. The first-order valence-electron chi connectivity index (χ1n) is 8.36. The molecule has 2 aromatic rings. The largest absolute Gasteiger partial charge is 0.497 e. The zero-order chi connectivity index (χ0) is 16.9. The number of hydrogen-bond acceptors (Lipinski definition) is 4. The number of nitrogens with two attached hydrogens (primary N) is 1. The quantitative estimate of drug-likeness (QED) is 0.875. The zero-order valence-electron chi connectivity index (χ0n) is 14.0. The Hall–Kier alpha value is -1.85. The molecule has 0 radical (unpaired) electrons. The molecule has 0 atom stereocenters. The fourth-order valence-corrected chi connectivity index (χ4v) is 4.21. The summed E-state index contributed by atoms with van der Waals surface area (Å²) in [6.45, 7) is 3.14. The van der Waals surface area contributed by atoms with Gasteiger partial charge in [-0.3, -0.25) is 9.69 Å². The number of nitrogens with zero attached hydrogens (tertiary/aromatic N) is 1. The van der Waals surface area contributed by atoms with Crippen molar-refractivity contribution in [2.75, 3.05) is 20.2 Å². The molecule has 0 aliphatic carbocycles. The van der Waals surface area contributed by atoms with Crippen LogP contribution in [0.4, 0.5) is 0 Å². The Balaban J connectivity index is 1.49. The second kappa shape index (κ2) is 7.81. The highest BCUT2D eigenvalue weighted by Gasteiger charge is 2.20. The number of carbonyl (C=O) groups excluding carboxylic acids is 1. The molecule has 24 heavy (non-hydrogen) atoms. The molecular formula is C19H24N2O2S. The number of thiophene rings is 1. The second-order valence-electron chi connectivity index (χ2n) is 6.44. The number of ether oxygens (including phenoxy) is 1. The molecule has 128 valence electrons. The average Bonchev–Trinajstić information content (AvgIpc) is 3.06. The molecule has 3 rings (SSSR count). The van der Waals surface area contributed by atoms with E-state index in [-0.39, 0.29) is 5.91 Å². The summed E-state index contributed by atoms with van der Waals surface area (Å²) in [4.78, 5) is 14.9. The maximum Gasteiger partial charge on any atom is 0.249 e. The standard InChI is InChI=1S/C19H24N2O2S/c1-23-17-4-2-3-15(10-17)9-14-5-7-21(8-6-14)12-18-11-16(13-24-18)19(20)22/h2-4,10-11,13-14H,5-9,12H2,1H3,(H2,20,22). The third-order valence-corrected chi connectivity index (χ3v) is 5.60. The van der Waals surface area contributed by atoms with Crippen molar-refractivity contribution in [3.63, 3.8) is 0 Å². The van der Waals surface area contributed by atoms with Gasteiger partial charge in [0.25, 0.3) is 0 Å². The van der Waals surface area contributed by atoms with E-state index >= 15 is 0 Å².